The van der Waals surface area contributed by atoms with Crippen LogP contribution in [0.25, 0.3) is 0 Å². The summed E-state index contributed by atoms with van der Waals surface area (Å²) in [5.74, 6) is -0.0464. The van der Waals surface area contributed by atoms with E-state index in [9.17, 15) is 9.59 Å². The summed E-state index contributed by atoms with van der Waals surface area (Å²) in [6.45, 7) is 4.49. The van der Waals surface area contributed by atoms with Gasteiger partial charge in [0.15, 0.2) is 0 Å². The summed E-state index contributed by atoms with van der Waals surface area (Å²) >= 11 is 0. The molecule has 2 rings (SSSR count). The molecule has 2 aromatic carbocycles. The summed E-state index contributed by atoms with van der Waals surface area (Å²) in [6.07, 6.45) is 0.905. The summed E-state index contributed by atoms with van der Waals surface area (Å²) in [4.78, 5) is 24.8. The van der Waals surface area contributed by atoms with Crippen molar-refractivity contribution in [3.05, 3.63) is 65.2 Å². The standard InChI is InChI=1S/C22H27NO4/c1-5-15(2)20(17-9-7-6-8-10-17)21(24)23-14-16-11-12-19(26-3)18(13-16)22(25)27-4/h6-13,15,20H,5,14H2,1-4H3,(H,23,24)/t15-,20+/m0/s1. The quantitative estimate of drug-likeness (QED) is 0.716. The number of methoxy groups -OCH3 is 2. The maximum atomic E-state index is 12.9. The number of benzene rings is 2. The molecule has 0 saturated carbocycles. The molecule has 2 atom stereocenters. The molecule has 27 heavy (non-hydrogen) atoms. The molecule has 1 N–H and O–H groups in total. The zero-order valence-electron chi connectivity index (χ0n) is 16.3. The number of esters is 1. The third-order valence-electron chi connectivity index (χ3n) is 4.79. The van der Waals surface area contributed by atoms with Crippen molar-refractivity contribution in [3.8, 4) is 5.75 Å². The second kappa shape index (κ2) is 9.76. The normalized spacial score (nSPS) is 12.7. The van der Waals surface area contributed by atoms with Crippen LogP contribution in [0, 0.1) is 5.92 Å². The monoisotopic (exact) mass is 369 g/mol. The number of hydrogen-bond donors (Lipinski definition) is 1. The third kappa shape index (κ3) is 5.09. The summed E-state index contributed by atoms with van der Waals surface area (Å²) < 4.78 is 10.00. The van der Waals surface area contributed by atoms with E-state index in [1.807, 2.05) is 36.4 Å². The highest BCUT2D eigenvalue weighted by atomic mass is 16.5. The zero-order chi connectivity index (χ0) is 19.8. The summed E-state index contributed by atoms with van der Waals surface area (Å²) in [5, 5.41) is 3.00. The molecule has 0 aliphatic carbocycles. The largest absolute Gasteiger partial charge is 0.496 e. The van der Waals surface area contributed by atoms with Crippen molar-refractivity contribution in [2.24, 2.45) is 5.92 Å². The third-order valence-corrected chi connectivity index (χ3v) is 4.79. The molecular formula is C22H27NO4. The van der Waals surface area contributed by atoms with Gasteiger partial charge in [-0.25, -0.2) is 4.79 Å². The lowest BCUT2D eigenvalue weighted by molar-refractivity contribution is -0.123. The summed E-state index contributed by atoms with van der Waals surface area (Å²) in [6, 6.07) is 15.0. The number of carbonyl (C=O) groups is 2. The Bertz CT molecular complexity index is 773. The van der Waals surface area contributed by atoms with Crippen LogP contribution in [0.15, 0.2) is 48.5 Å². The SMILES string of the molecule is CC[C@H](C)[C@@H](C(=O)NCc1ccc(OC)c(C(=O)OC)c1)c1ccccc1. The fourth-order valence-corrected chi connectivity index (χ4v) is 3.07. The number of nitrogens with one attached hydrogen (secondary N) is 1. The molecule has 0 aliphatic rings. The Morgan fingerprint density at radius 3 is 2.37 bits per heavy atom. The van der Waals surface area contributed by atoms with E-state index >= 15 is 0 Å². The van der Waals surface area contributed by atoms with Crippen molar-refractivity contribution in [2.75, 3.05) is 14.2 Å². The van der Waals surface area contributed by atoms with Crippen LogP contribution in [-0.2, 0) is 16.1 Å². The Hall–Kier alpha value is -2.82. The minimum Gasteiger partial charge on any atom is -0.496 e. The number of carbonyl (C=O) groups excluding carboxylic acids is 2. The van der Waals surface area contributed by atoms with Crippen LogP contribution in [0.5, 0.6) is 5.75 Å². The smallest absolute Gasteiger partial charge is 0.341 e. The van der Waals surface area contributed by atoms with Crippen LogP contribution in [0.3, 0.4) is 0 Å². The summed E-state index contributed by atoms with van der Waals surface area (Å²) in [5.41, 5.74) is 2.16. The number of ether oxygens (including phenoxy) is 2. The Morgan fingerprint density at radius 1 is 1.07 bits per heavy atom. The highest BCUT2D eigenvalue weighted by molar-refractivity contribution is 5.92. The van der Waals surface area contributed by atoms with Crippen molar-refractivity contribution >= 4 is 11.9 Å². The predicted octanol–water partition coefficient (Wildman–Crippen LogP) is 3.93. The van der Waals surface area contributed by atoms with E-state index in [-0.39, 0.29) is 17.7 Å². The lowest BCUT2D eigenvalue weighted by Crippen LogP contribution is -2.32. The molecule has 0 spiro atoms. The molecule has 5 heteroatoms. The predicted molar refractivity (Wildman–Crippen MR) is 105 cm³/mol. The van der Waals surface area contributed by atoms with Gasteiger partial charge >= 0.3 is 5.97 Å². The van der Waals surface area contributed by atoms with E-state index in [2.05, 4.69) is 19.2 Å². The molecule has 0 heterocycles. The maximum Gasteiger partial charge on any atom is 0.341 e. The Kier molecular flexibility index (Phi) is 7.41. The van der Waals surface area contributed by atoms with Gasteiger partial charge in [-0.15, -0.1) is 0 Å². The Balaban J connectivity index is 2.16. The van der Waals surface area contributed by atoms with Gasteiger partial charge in [-0.1, -0.05) is 56.7 Å². The van der Waals surface area contributed by atoms with Gasteiger partial charge in [-0.05, 0) is 29.2 Å². The molecule has 0 saturated heterocycles. The minimum absolute atomic E-state index is 0.0222. The van der Waals surface area contributed by atoms with Crippen LogP contribution in [0.1, 0.15) is 47.7 Å². The highest BCUT2D eigenvalue weighted by Crippen LogP contribution is 2.27. The molecule has 0 bridgehead atoms. The molecule has 5 nitrogen and oxygen atoms in total. The van der Waals surface area contributed by atoms with Crippen molar-refractivity contribution in [2.45, 2.75) is 32.7 Å². The molecule has 0 aliphatic heterocycles. The molecular weight excluding hydrogens is 342 g/mol. The molecule has 144 valence electrons. The van der Waals surface area contributed by atoms with Gasteiger partial charge in [0.2, 0.25) is 5.91 Å². The highest BCUT2D eigenvalue weighted by Gasteiger charge is 2.25. The van der Waals surface area contributed by atoms with E-state index in [0.29, 0.717) is 17.9 Å². The van der Waals surface area contributed by atoms with Gasteiger partial charge in [0.1, 0.15) is 11.3 Å². The fraction of sp³-hybridized carbons (Fsp3) is 0.364. The minimum atomic E-state index is -0.471. The lowest BCUT2D eigenvalue weighted by atomic mass is 9.85. The molecule has 0 radical (unpaired) electrons. The van der Waals surface area contributed by atoms with E-state index in [0.717, 1.165) is 17.5 Å². The first kappa shape index (κ1) is 20.5. The molecule has 0 unspecified atom stereocenters. The second-order valence-corrected chi connectivity index (χ2v) is 6.52. The van der Waals surface area contributed by atoms with Crippen LogP contribution in [0.4, 0.5) is 0 Å². The molecule has 0 fully saturated rings. The van der Waals surface area contributed by atoms with Crippen LogP contribution in [-0.4, -0.2) is 26.1 Å². The Labute approximate surface area is 160 Å². The van der Waals surface area contributed by atoms with E-state index < -0.39 is 5.97 Å². The molecule has 0 aromatic heterocycles. The first-order valence-electron chi connectivity index (χ1n) is 9.09. The molecule has 1 amide bonds. The first-order valence-corrected chi connectivity index (χ1v) is 9.09. The fourth-order valence-electron chi connectivity index (χ4n) is 3.07. The van der Waals surface area contributed by atoms with Crippen molar-refractivity contribution in [1.82, 2.24) is 5.32 Å². The van der Waals surface area contributed by atoms with Gasteiger partial charge in [0.25, 0.3) is 0 Å². The average Bonchev–Trinajstić information content (AvgIpc) is 2.72. The summed E-state index contributed by atoms with van der Waals surface area (Å²) in [7, 11) is 2.83. The zero-order valence-corrected chi connectivity index (χ0v) is 16.3. The van der Waals surface area contributed by atoms with Gasteiger partial charge in [0.05, 0.1) is 20.1 Å². The second-order valence-electron chi connectivity index (χ2n) is 6.52. The van der Waals surface area contributed by atoms with Gasteiger partial charge in [-0.2, -0.15) is 0 Å². The number of rotatable bonds is 8. The number of hydrogen-bond acceptors (Lipinski definition) is 4. The van der Waals surface area contributed by atoms with E-state index in [1.54, 1.807) is 12.1 Å². The average molecular weight is 369 g/mol. The van der Waals surface area contributed by atoms with Crippen molar-refractivity contribution in [1.29, 1.82) is 0 Å². The van der Waals surface area contributed by atoms with Crippen molar-refractivity contribution in [3.63, 3.8) is 0 Å². The maximum absolute atomic E-state index is 12.9. The first-order chi connectivity index (χ1) is 13.0. The topological polar surface area (TPSA) is 64.6 Å². The van der Waals surface area contributed by atoms with Gasteiger partial charge in [0, 0.05) is 6.54 Å². The number of amides is 1. The Morgan fingerprint density at radius 2 is 1.78 bits per heavy atom. The molecule has 2 aromatic rings. The van der Waals surface area contributed by atoms with Crippen LogP contribution in [0.2, 0.25) is 0 Å². The van der Waals surface area contributed by atoms with Gasteiger partial charge < -0.3 is 14.8 Å². The van der Waals surface area contributed by atoms with E-state index in [1.165, 1.54) is 14.2 Å². The van der Waals surface area contributed by atoms with E-state index in [4.69, 9.17) is 9.47 Å². The lowest BCUT2D eigenvalue weighted by Gasteiger charge is -2.23. The van der Waals surface area contributed by atoms with Gasteiger partial charge in [-0.3, -0.25) is 4.79 Å². The van der Waals surface area contributed by atoms with Crippen molar-refractivity contribution < 1.29 is 19.1 Å². The van der Waals surface area contributed by atoms with Crippen LogP contribution >= 0.6 is 0 Å². The van der Waals surface area contributed by atoms with Crippen LogP contribution < -0.4 is 10.1 Å².